The molecule has 0 saturated carbocycles. The molecule has 1 atom stereocenters. The summed E-state index contributed by atoms with van der Waals surface area (Å²) in [4.78, 5) is 9.21. The number of aromatic nitrogens is 2. The highest BCUT2D eigenvalue weighted by Crippen LogP contribution is 2.37. The molecule has 3 nitrogen and oxygen atoms in total. The van der Waals surface area contributed by atoms with Gasteiger partial charge < -0.3 is 4.42 Å². The van der Waals surface area contributed by atoms with E-state index in [1.54, 1.807) is 0 Å². The Labute approximate surface area is 154 Å². The fourth-order valence-electron chi connectivity index (χ4n) is 3.48. The van der Waals surface area contributed by atoms with E-state index in [4.69, 9.17) is 4.42 Å². The molecule has 3 heteroatoms. The lowest BCUT2D eigenvalue weighted by molar-refractivity contribution is 0.535. The molecule has 26 heavy (non-hydrogen) atoms. The van der Waals surface area contributed by atoms with E-state index in [9.17, 15) is 0 Å². The predicted octanol–water partition coefficient (Wildman–Crippen LogP) is 6.42. The molecule has 0 aliphatic heterocycles. The average molecular weight is 344 g/mol. The van der Waals surface area contributed by atoms with E-state index in [2.05, 4.69) is 68.0 Å². The van der Waals surface area contributed by atoms with Crippen LogP contribution in [-0.2, 0) is 0 Å². The molecule has 4 aromatic rings. The molecule has 0 aliphatic rings. The highest BCUT2D eigenvalue weighted by molar-refractivity contribution is 6.10. The van der Waals surface area contributed by atoms with E-state index < -0.39 is 0 Å². The molecule has 0 radical (unpaired) electrons. The van der Waals surface area contributed by atoms with Crippen LogP contribution >= 0.6 is 0 Å². The van der Waals surface area contributed by atoms with Crippen molar-refractivity contribution in [2.45, 2.75) is 40.5 Å². The average Bonchev–Trinajstić information content (AvgIpc) is 3.00. The van der Waals surface area contributed by atoms with Crippen LogP contribution in [0.15, 0.2) is 47.0 Å². The van der Waals surface area contributed by atoms with Gasteiger partial charge >= 0.3 is 0 Å². The summed E-state index contributed by atoms with van der Waals surface area (Å²) in [6, 6.07) is 12.7. The zero-order valence-corrected chi connectivity index (χ0v) is 16.0. The van der Waals surface area contributed by atoms with Gasteiger partial charge in [-0.3, -0.25) is 4.98 Å². The lowest BCUT2D eigenvalue weighted by Gasteiger charge is -2.16. The van der Waals surface area contributed by atoms with Crippen LogP contribution in [0.4, 0.5) is 0 Å². The van der Waals surface area contributed by atoms with Gasteiger partial charge in [0.05, 0.1) is 5.69 Å². The van der Waals surface area contributed by atoms with Crippen molar-refractivity contribution in [3.63, 3.8) is 0 Å². The molecule has 0 N–H and O–H groups in total. The molecule has 3 heterocycles. The fourth-order valence-corrected chi connectivity index (χ4v) is 3.48. The summed E-state index contributed by atoms with van der Waals surface area (Å²) in [6.07, 6.45) is 1.90. The van der Waals surface area contributed by atoms with E-state index in [1.165, 1.54) is 11.1 Å². The van der Waals surface area contributed by atoms with Crippen molar-refractivity contribution >= 4 is 22.1 Å². The molecular formula is C23H24N2O. The first-order valence-corrected chi connectivity index (χ1v) is 9.21. The minimum atomic E-state index is 0.484. The Hall–Kier alpha value is -2.68. The summed E-state index contributed by atoms with van der Waals surface area (Å²) in [7, 11) is 0. The normalized spacial score (nSPS) is 13.0. The lowest BCUT2D eigenvalue weighted by Crippen LogP contribution is -2.02. The number of hydrogen-bond acceptors (Lipinski definition) is 3. The molecule has 0 fully saturated rings. The zero-order chi connectivity index (χ0) is 18.4. The Morgan fingerprint density at radius 2 is 1.77 bits per heavy atom. The van der Waals surface area contributed by atoms with Gasteiger partial charge in [-0.1, -0.05) is 26.8 Å². The number of furan rings is 1. The monoisotopic (exact) mass is 344 g/mol. The number of benzene rings is 1. The van der Waals surface area contributed by atoms with Crippen LogP contribution in [-0.4, -0.2) is 9.97 Å². The molecule has 0 saturated heterocycles. The molecule has 1 aromatic carbocycles. The minimum absolute atomic E-state index is 0.484. The third-order valence-corrected chi connectivity index (χ3v) is 5.42. The van der Waals surface area contributed by atoms with Gasteiger partial charge in [0.2, 0.25) is 5.71 Å². The van der Waals surface area contributed by atoms with Crippen molar-refractivity contribution in [2.75, 3.05) is 0 Å². The maximum Gasteiger partial charge on any atom is 0.227 e. The molecule has 1 unspecified atom stereocenters. The van der Waals surface area contributed by atoms with E-state index >= 15 is 0 Å². The molecule has 0 aliphatic carbocycles. The summed E-state index contributed by atoms with van der Waals surface area (Å²) >= 11 is 0. The topological polar surface area (TPSA) is 38.9 Å². The molecule has 4 rings (SSSR count). The van der Waals surface area contributed by atoms with Crippen LogP contribution in [0, 0.1) is 19.8 Å². The summed E-state index contributed by atoms with van der Waals surface area (Å²) in [5.41, 5.74) is 7.02. The maximum absolute atomic E-state index is 6.20. The lowest BCUT2D eigenvalue weighted by atomic mass is 9.90. The molecule has 132 valence electrons. The van der Waals surface area contributed by atoms with Crippen molar-refractivity contribution < 1.29 is 4.42 Å². The Balaban J connectivity index is 1.97. The quantitative estimate of drug-likeness (QED) is 0.430. The second-order valence-electron chi connectivity index (χ2n) is 7.55. The van der Waals surface area contributed by atoms with Crippen molar-refractivity contribution in [3.8, 4) is 11.3 Å². The fraction of sp³-hybridized carbons (Fsp3) is 0.304. The van der Waals surface area contributed by atoms with Crippen molar-refractivity contribution in [1.82, 2.24) is 9.97 Å². The molecule has 0 amide bonds. The highest BCUT2D eigenvalue weighted by atomic mass is 16.3. The van der Waals surface area contributed by atoms with Crippen LogP contribution in [0.2, 0.25) is 0 Å². The van der Waals surface area contributed by atoms with Gasteiger partial charge in [0.15, 0.2) is 0 Å². The van der Waals surface area contributed by atoms with Crippen LogP contribution < -0.4 is 0 Å². The molecule has 0 bridgehead atoms. The third kappa shape index (κ3) is 2.68. The van der Waals surface area contributed by atoms with Crippen molar-refractivity contribution in [1.29, 1.82) is 0 Å². The van der Waals surface area contributed by atoms with E-state index in [0.29, 0.717) is 17.5 Å². The molecule has 0 spiro atoms. The maximum atomic E-state index is 6.20. The summed E-state index contributed by atoms with van der Waals surface area (Å²) in [6.45, 7) is 10.9. The van der Waals surface area contributed by atoms with Gasteiger partial charge in [0, 0.05) is 28.2 Å². The summed E-state index contributed by atoms with van der Waals surface area (Å²) in [5, 5.41) is 2.20. The zero-order valence-electron chi connectivity index (χ0n) is 16.0. The largest absolute Gasteiger partial charge is 0.437 e. The first-order chi connectivity index (χ1) is 12.5. The van der Waals surface area contributed by atoms with Gasteiger partial charge in [-0.05, 0) is 67.1 Å². The van der Waals surface area contributed by atoms with Crippen LogP contribution in [0.1, 0.15) is 43.5 Å². The van der Waals surface area contributed by atoms with Gasteiger partial charge in [-0.15, -0.1) is 0 Å². The van der Waals surface area contributed by atoms with Crippen molar-refractivity contribution in [2.24, 2.45) is 5.92 Å². The van der Waals surface area contributed by atoms with Gasteiger partial charge in [-0.2, -0.15) is 0 Å². The number of pyridine rings is 2. The van der Waals surface area contributed by atoms with E-state index in [1.807, 2.05) is 19.2 Å². The predicted molar refractivity (Wildman–Crippen MR) is 107 cm³/mol. The number of rotatable bonds is 3. The second kappa shape index (κ2) is 6.24. The van der Waals surface area contributed by atoms with Crippen LogP contribution in [0.25, 0.3) is 33.3 Å². The second-order valence-corrected chi connectivity index (χ2v) is 7.55. The van der Waals surface area contributed by atoms with Crippen LogP contribution in [0.5, 0.6) is 0 Å². The number of hydrogen-bond donors (Lipinski definition) is 0. The van der Waals surface area contributed by atoms with E-state index in [-0.39, 0.29) is 0 Å². The first-order valence-electron chi connectivity index (χ1n) is 9.21. The Morgan fingerprint density at radius 3 is 2.54 bits per heavy atom. The Bertz CT molecular complexity index is 1110. The summed E-state index contributed by atoms with van der Waals surface area (Å²) < 4.78 is 6.20. The highest BCUT2D eigenvalue weighted by Gasteiger charge is 2.17. The van der Waals surface area contributed by atoms with Crippen LogP contribution in [0.3, 0.4) is 0 Å². The Kier molecular flexibility index (Phi) is 4.03. The summed E-state index contributed by atoms with van der Waals surface area (Å²) in [5.74, 6) is 1.07. The number of nitrogens with zero attached hydrogens (tertiary/aromatic N) is 2. The third-order valence-electron chi connectivity index (χ3n) is 5.42. The SMILES string of the molecule is Cc1ccc2c(n1)oc1c(-c3cc(C(C)C(C)C)ccn3)ccc(C)c12. The van der Waals surface area contributed by atoms with Gasteiger partial charge in [0.25, 0.3) is 0 Å². The smallest absolute Gasteiger partial charge is 0.227 e. The molecule has 3 aromatic heterocycles. The Morgan fingerprint density at radius 1 is 0.962 bits per heavy atom. The standard InChI is InChI=1S/C23H24N2O/c1-13(2)16(5)17-10-11-24-20(12-17)18-8-6-14(3)21-19-9-7-15(4)25-23(19)26-22(18)21/h6-13,16H,1-5H3. The molecular weight excluding hydrogens is 320 g/mol. The number of fused-ring (bicyclic) bond motifs is 3. The van der Waals surface area contributed by atoms with Crippen molar-refractivity contribution in [3.05, 3.63) is 59.4 Å². The van der Waals surface area contributed by atoms with E-state index in [0.717, 1.165) is 33.3 Å². The van der Waals surface area contributed by atoms with Gasteiger partial charge in [-0.25, -0.2) is 4.98 Å². The minimum Gasteiger partial charge on any atom is -0.437 e. The first kappa shape index (κ1) is 16.8. The number of aryl methyl sites for hydroxylation is 2. The van der Waals surface area contributed by atoms with Gasteiger partial charge in [0.1, 0.15) is 5.58 Å².